The molecule has 2 heteroatoms. The van der Waals surface area contributed by atoms with Crippen molar-refractivity contribution in [2.75, 3.05) is 13.2 Å². The second-order valence-electron chi connectivity index (χ2n) is 4.63. The average molecular weight is 250 g/mol. The van der Waals surface area contributed by atoms with Gasteiger partial charge < -0.3 is 9.47 Å². The number of hydrogen-bond acceptors (Lipinski definition) is 2. The van der Waals surface area contributed by atoms with Gasteiger partial charge in [-0.15, -0.1) is 0 Å². The third kappa shape index (κ3) is 6.77. The SMILES string of the molecule is CCCCOCc1cccc(COCCCC)c1. The standard InChI is InChI=1S/C16H26O2/c1-3-5-10-17-13-15-8-7-9-16(12-15)14-18-11-6-4-2/h7-9,12H,3-6,10-11,13-14H2,1-2H3. The number of unbranched alkanes of at least 4 members (excludes halogenated alkanes) is 2. The summed E-state index contributed by atoms with van der Waals surface area (Å²) in [4.78, 5) is 0. The van der Waals surface area contributed by atoms with Crippen molar-refractivity contribution in [2.24, 2.45) is 0 Å². The number of ether oxygens (including phenoxy) is 2. The van der Waals surface area contributed by atoms with Crippen LogP contribution < -0.4 is 0 Å². The maximum atomic E-state index is 5.62. The topological polar surface area (TPSA) is 18.5 Å². The molecular weight excluding hydrogens is 224 g/mol. The van der Waals surface area contributed by atoms with Crippen molar-refractivity contribution in [3.8, 4) is 0 Å². The van der Waals surface area contributed by atoms with E-state index >= 15 is 0 Å². The van der Waals surface area contributed by atoms with Crippen LogP contribution in [0.1, 0.15) is 50.7 Å². The molecule has 1 rings (SSSR count). The highest BCUT2D eigenvalue weighted by Crippen LogP contribution is 2.08. The molecule has 0 fully saturated rings. The van der Waals surface area contributed by atoms with Gasteiger partial charge in [0.2, 0.25) is 0 Å². The van der Waals surface area contributed by atoms with Gasteiger partial charge in [0, 0.05) is 13.2 Å². The van der Waals surface area contributed by atoms with E-state index in [9.17, 15) is 0 Å². The molecule has 0 N–H and O–H groups in total. The van der Waals surface area contributed by atoms with Gasteiger partial charge in [0.25, 0.3) is 0 Å². The van der Waals surface area contributed by atoms with Crippen molar-refractivity contribution < 1.29 is 9.47 Å². The summed E-state index contributed by atoms with van der Waals surface area (Å²) in [5, 5.41) is 0. The fourth-order valence-corrected chi connectivity index (χ4v) is 1.68. The Morgan fingerprint density at radius 1 is 0.833 bits per heavy atom. The zero-order valence-electron chi connectivity index (χ0n) is 11.8. The van der Waals surface area contributed by atoms with Crippen molar-refractivity contribution in [3.63, 3.8) is 0 Å². The summed E-state index contributed by atoms with van der Waals surface area (Å²) in [5.41, 5.74) is 2.48. The van der Waals surface area contributed by atoms with Gasteiger partial charge in [-0.05, 0) is 24.0 Å². The maximum Gasteiger partial charge on any atom is 0.0716 e. The summed E-state index contributed by atoms with van der Waals surface area (Å²) < 4.78 is 11.2. The van der Waals surface area contributed by atoms with E-state index in [-0.39, 0.29) is 0 Å². The first-order valence-electron chi connectivity index (χ1n) is 7.10. The van der Waals surface area contributed by atoms with E-state index in [4.69, 9.17) is 9.47 Å². The lowest BCUT2D eigenvalue weighted by molar-refractivity contribution is 0.114. The van der Waals surface area contributed by atoms with Gasteiger partial charge in [0.15, 0.2) is 0 Å². The van der Waals surface area contributed by atoms with E-state index in [1.807, 2.05) is 0 Å². The molecule has 0 aliphatic rings. The van der Waals surface area contributed by atoms with Crippen LogP contribution in [0.25, 0.3) is 0 Å². The van der Waals surface area contributed by atoms with Crippen LogP contribution in [-0.2, 0) is 22.7 Å². The van der Waals surface area contributed by atoms with Gasteiger partial charge in [-0.3, -0.25) is 0 Å². The summed E-state index contributed by atoms with van der Waals surface area (Å²) in [6.07, 6.45) is 4.65. The van der Waals surface area contributed by atoms with Crippen LogP contribution in [-0.4, -0.2) is 13.2 Å². The van der Waals surface area contributed by atoms with Crippen LogP contribution >= 0.6 is 0 Å². The van der Waals surface area contributed by atoms with Crippen molar-refractivity contribution in [1.29, 1.82) is 0 Å². The third-order valence-electron chi connectivity index (χ3n) is 2.81. The highest BCUT2D eigenvalue weighted by Gasteiger charge is 1.97. The van der Waals surface area contributed by atoms with Crippen molar-refractivity contribution in [3.05, 3.63) is 35.4 Å². The molecular formula is C16H26O2. The van der Waals surface area contributed by atoms with Crippen LogP contribution in [0.2, 0.25) is 0 Å². The summed E-state index contributed by atoms with van der Waals surface area (Å²) in [5.74, 6) is 0. The van der Waals surface area contributed by atoms with Crippen LogP contribution in [0.3, 0.4) is 0 Å². The highest BCUT2D eigenvalue weighted by atomic mass is 16.5. The molecule has 0 saturated heterocycles. The Labute approximate surface area is 111 Å². The fourth-order valence-electron chi connectivity index (χ4n) is 1.68. The molecule has 0 heterocycles. The summed E-state index contributed by atoms with van der Waals surface area (Å²) in [6.45, 7) is 7.49. The predicted octanol–water partition coefficient (Wildman–Crippen LogP) is 4.32. The van der Waals surface area contributed by atoms with E-state index in [1.165, 1.54) is 24.0 Å². The van der Waals surface area contributed by atoms with Crippen LogP contribution in [0.15, 0.2) is 24.3 Å². The molecule has 0 spiro atoms. The lowest BCUT2D eigenvalue weighted by atomic mass is 10.1. The Morgan fingerprint density at radius 3 is 1.78 bits per heavy atom. The minimum atomic E-state index is 0.711. The van der Waals surface area contributed by atoms with Gasteiger partial charge in [0.05, 0.1) is 13.2 Å². The van der Waals surface area contributed by atoms with E-state index < -0.39 is 0 Å². The first-order valence-corrected chi connectivity index (χ1v) is 7.10. The largest absolute Gasteiger partial charge is 0.377 e. The number of benzene rings is 1. The quantitative estimate of drug-likeness (QED) is 0.576. The monoisotopic (exact) mass is 250 g/mol. The molecule has 1 aromatic carbocycles. The van der Waals surface area contributed by atoms with Crippen molar-refractivity contribution in [1.82, 2.24) is 0 Å². The molecule has 2 nitrogen and oxygen atoms in total. The normalized spacial score (nSPS) is 10.8. The second-order valence-corrected chi connectivity index (χ2v) is 4.63. The lowest BCUT2D eigenvalue weighted by Gasteiger charge is -2.07. The summed E-state index contributed by atoms with van der Waals surface area (Å²) in [6, 6.07) is 8.48. The highest BCUT2D eigenvalue weighted by molar-refractivity contribution is 5.22. The number of rotatable bonds is 10. The van der Waals surface area contributed by atoms with Gasteiger partial charge in [0.1, 0.15) is 0 Å². The third-order valence-corrected chi connectivity index (χ3v) is 2.81. The minimum Gasteiger partial charge on any atom is -0.377 e. The predicted molar refractivity (Wildman–Crippen MR) is 75.6 cm³/mol. The fraction of sp³-hybridized carbons (Fsp3) is 0.625. The number of hydrogen-bond donors (Lipinski definition) is 0. The van der Waals surface area contributed by atoms with Crippen LogP contribution in [0, 0.1) is 0 Å². The lowest BCUT2D eigenvalue weighted by Crippen LogP contribution is -1.98. The Morgan fingerprint density at radius 2 is 1.33 bits per heavy atom. The molecule has 102 valence electrons. The summed E-state index contributed by atoms with van der Waals surface area (Å²) >= 11 is 0. The Kier molecular flexibility index (Phi) is 8.53. The van der Waals surface area contributed by atoms with Crippen LogP contribution in [0.5, 0.6) is 0 Å². The first-order chi connectivity index (χ1) is 8.86. The van der Waals surface area contributed by atoms with E-state index in [0.29, 0.717) is 13.2 Å². The molecule has 0 aromatic heterocycles. The second kappa shape index (κ2) is 10.1. The van der Waals surface area contributed by atoms with Gasteiger partial charge in [-0.2, -0.15) is 0 Å². The van der Waals surface area contributed by atoms with Crippen LogP contribution in [0.4, 0.5) is 0 Å². The molecule has 1 aromatic rings. The molecule has 0 unspecified atom stereocenters. The van der Waals surface area contributed by atoms with Crippen molar-refractivity contribution in [2.45, 2.75) is 52.7 Å². The molecule has 0 bridgehead atoms. The molecule has 18 heavy (non-hydrogen) atoms. The van der Waals surface area contributed by atoms with Gasteiger partial charge >= 0.3 is 0 Å². The zero-order chi connectivity index (χ0) is 13.1. The summed E-state index contributed by atoms with van der Waals surface area (Å²) in [7, 11) is 0. The molecule has 0 saturated carbocycles. The first kappa shape index (κ1) is 15.2. The van der Waals surface area contributed by atoms with E-state index in [0.717, 1.165) is 26.1 Å². The molecule has 0 radical (unpaired) electrons. The molecule has 0 atom stereocenters. The Hall–Kier alpha value is -0.860. The van der Waals surface area contributed by atoms with E-state index in [2.05, 4.69) is 38.1 Å². The van der Waals surface area contributed by atoms with Gasteiger partial charge in [-0.25, -0.2) is 0 Å². The molecule has 0 amide bonds. The maximum absolute atomic E-state index is 5.62. The van der Waals surface area contributed by atoms with Crippen molar-refractivity contribution >= 4 is 0 Å². The molecule has 0 aliphatic heterocycles. The van der Waals surface area contributed by atoms with E-state index in [1.54, 1.807) is 0 Å². The molecule has 0 aliphatic carbocycles. The smallest absolute Gasteiger partial charge is 0.0716 e. The van der Waals surface area contributed by atoms with Gasteiger partial charge in [-0.1, -0.05) is 51.0 Å². The average Bonchev–Trinajstić information content (AvgIpc) is 2.40. The Balaban J connectivity index is 2.27. The Bertz CT molecular complexity index is 282. The zero-order valence-corrected chi connectivity index (χ0v) is 11.8. The minimum absolute atomic E-state index is 0.711.